The number of benzene rings is 1. The summed E-state index contributed by atoms with van der Waals surface area (Å²) >= 11 is 2.99. The fraction of sp³-hybridized carbons (Fsp3) is 0.222. The van der Waals surface area contributed by atoms with Crippen LogP contribution in [0.2, 0.25) is 0 Å². The molecule has 0 aliphatic rings. The Labute approximate surface area is 83.8 Å². The predicted molar refractivity (Wildman–Crippen MR) is 50.0 cm³/mol. The van der Waals surface area contributed by atoms with E-state index in [9.17, 15) is 9.18 Å². The lowest BCUT2D eigenvalue weighted by molar-refractivity contribution is -0.134. The van der Waals surface area contributed by atoms with Crippen molar-refractivity contribution in [3.05, 3.63) is 28.5 Å². The largest absolute Gasteiger partial charge is 0.423 e. The third kappa shape index (κ3) is 2.52. The van der Waals surface area contributed by atoms with Gasteiger partial charge in [-0.05, 0) is 28.1 Å². The molecule has 0 aliphatic carbocycles. The molecule has 2 nitrogen and oxygen atoms in total. The molecule has 0 aromatic heterocycles. The minimum Gasteiger partial charge on any atom is -0.423 e. The SMILES string of the molecule is CCC(=O)Oc1cccc(Br)c1F. The summed E-state index contributed by atoms with van der Waals surface area (Å²) in [5.74, 6) is -1.04. The van der Waals surface area contributed by atoms with Crippen LogP contribution in [0.1, 0.15) is 13.3 Å². The summed E-state index contributed by atoms with van der Waals surface area (Å²) in [6.07, 6.45) is 0.228. The second-order valence-corrected chi connectivity index (χ2v) is 3.23. The molecule has 0 saturated carbocycles. The number of ether oxygens (including phenoxy) is 1. The van der Waals surface area contributed by atoms with Gasteiger partial charge in [-0.3, -0.25) is 4.79 Å². The van der Waals surface area contributed by atoms with Crippen molar-refractivity contribution in [3.63, 3.8) is 0 Å². The lowest BCUT2D eigenvalue weighted by atomic mass is 10.3. The zero-order chi connectivity index (χ0) is 9.84. The zero-order valence-electron chi connectivity index (χ0n) is 7.01. The van der Waals surface area contributed by atoms with Gasteiger partial charge in [-0.25, -0.2) is 4.39 Å². The van der Waals surface area contributed by atoms with E-state index in [0.29, 0.717) is 0 Å². The normalized spacial score (nSPS) is 9.77. The molecule has 70 valence electrons. The summed E-state index contributed by atoms with van der Waals surface area (Å²) in [5, 5.41) is 0. The van der Waals surface area contributed by atoms with Gasteiger partial charge in [-0.1, -0.05) is 13.0 Å². The minimum absolute atomic E-state index is 0.0405. The van der Waals surface area contributed by atoms with E-state index in [1.54, 1.807) is 19.1 Å². The highest BCUT2D eigenvalue weighted by atomic mass is 79.9. The number of esters is 1. The van der Waals surface area contributed by atoms with Gasteiger partial charge in [0.2, 0.25) is 0 Å². The topological polar surface area (TPSA) is 26.3 Å². The van der Waals surface area contributed by atoms with Crippen molar-refractivity contribution in [1.82, 2.24) is 0 Å². The summed E-state index contributed by atoms with van der Waals surface area (Å²) in [6.45, 7) is 1.65. The molecule has 4 heteroatoms. The lowest BCUT2D eigenvalue weighted by Crippen LogP contribution is -2.06. The highest BCUT2D eigenvalue weighted by Gasteiger charge is 2.09. The number of carbonyl (C=O) groups excluding carboxylic acids is 1. The van der Waals surface area contributed by atoms with Crippen molar-refractivity contribution >= 4 is 21.9 Å². The molecule has 0 unspecified atom stereocenters. The van der Waals surface area contributed by atoms with Crippen LogP contribution in [-0.4, -0.2) is 5.97 Å². The van der Waals surface area contributed by atoms with Crippen molar-refractivity contribution in [2.75, 3.05) is 0 Å². The smallest absolute Gasteiger partial charge is 0.310 e. The van der Waals surface area contributed by atoms with E-state index in [1.807, 2.05) is 0 Å². The third-order valence-corrected chi connectivity index (χ3v) is 2.04. The minimum atomic E-state index is -0.552. The van der Waals surface area contributed by atoms with Crippen LogP contribution in [-0.2, 0) is 4.79 Å². The van der Waals surface area contributed by atoms with Crippen molar-refractivity contribution in [3.8, 4) is 5.75 Å². The van der Waals surface area contributed by atoms with Gasteiger partial charge >= 0.3 is 5.97 Å². The van der Waals surface area contributed by atoms with Gasteiger partial charge in [0.1, 0.15) is 0 Å². The number of carbonyl (C=O) groups is 1. The third-order valence-electron chi connectivity index (χ3n) is 1.43. The molecule has 13 heavy (non-hydrogen) atoms. The van der Waals surface area contributed by atoms with Crippen LogP contribution in [0.15, 0.2) is 22.7 Å². The Morgan fingerprint density at radius 2 is 2.31 bits per heavy atom. The monoisotopic (exact) mass is 246 g/mol. The van der Waals surface area contributed by atoms with Crippen LogP contribution in [0.3, 0.4) is 0 Å². The van der Waals surface area contributed by atoms with E-state index in [1.165, 1.54) is 6.07 Å². The summed E-state index contributed by atoms with van der Waals surface area (Å²) in [7, 11) is 0. The maximum absolute atomic E-state index is 13.2. The molecule has 0 heterocycles. The van der Waals surface area contributed by atoms with E-state index >= 15 is 0 Å². The first-order valence-electron chi connectivity index (χ1n) is 3.80. The van der Waals surface area contributed by atoms with E-state index in [0.717, 1.165) is 0 Å². The molecule has 0 saturated heterocycles. The Hall–Kier alpha value is -0.900. The molecule has 0 bridgehead atoms. The molecule has 0 aliphatic heterocycles. The predicted octanol–water partition coefficient (Wildman–Crippen LogP) is 2.90. The van der Waals surface area contributed by atoms with Gasteiger partial charge < -0.3 is 4.74 Å². The molecule has 0 atom stereocenters. The van der Waals surface area contributed by atoms with Crippen molar-refractivity contribution in [2.45, 2.75) is 13.3 Å². The quantitative estimate of drug-likeness (QED) is 0.593. The van der Waals surface area contributed by atoms with E-state index in [2.05, 4.69) is 15.9 Å². The van der Waals surface area contributed by atoms with Crippen molar-refractivity contribution < 1.29 is 13.9 Å². The average molecular weight is 247 g/mol. The molecule has 0 N–H and O–H groups in total. The molecule has 0 fully saturated rings. The molecular formula is C9H8BrFO2. The number of hydrogen-bond acceptors (Lipinski definition) is 2. The van der Waals surface area contributed by atoms with Crippen molar-refractivity contribution in [1.29, 1.82) is 0 Å². The first kappa shape index (κ1) is 10.2. The van der Waals surface area contributed by atoms with Crippen LogP contribution in [0, 0.1) is 5.82 Å². The second kappa shape index (κ2) is 4.37. The van der Waals surface area contributed by atoms with Crippen LogP contribution in [0.5, 0.6) is 5.75 Å². The number of hydrogen-bond donors (Lipinski definition) is 0. The van der Waals surface area contributed by atoms with E-state index < -0.39 is 11.8 Å². The first-order chi connectivity index (χ1) is 6.15. The summed E-state index contributed by atoms with van der Waals surface area (Å²) in [6, 6.07) is 4.55. The highest BCUT2D eigenvalue weighted by molar-refractivity contribution is 9.10. The van der Waals surface area contributed by atoms with Crippen molar-refractivity contribution in [2.24, 2.45) is 0 Å². The number of rotatable bonds is 2. The van der Waals surface area contributed by atoms with Gasteiger partial charge in [0.15, 0.2) is 11.6 Å². The van der Waals surface area contributed by atoms with E-state index in [4.69, 9.17) is 4.74 Å². The summed E-state index contributed by atoms with van der Waals surface area (Å²) in [5.41, 5.74) is 0. The van der Waals surface area contributed by atoms with Crippen LogP contribution in [0.25, 0.3) is 0 Å². The molecule has 1 aromatic rings. The highest BCUT2D eigenvalue weighted by Crippen LogP contribution is 2.24. The van der Waals surface area contributed by atoms with Gasteiger partial charge in [-0.15, -0.1) is 0 Å². The maximum Gasteiger partial charge on any atom is 0.310 e. The summed E-state index contributed by atoms with van der Waals surface area (Å²) < 4.78 is 18.2. The van der Waals surface area contributed by atoms with Gasteiger partial charge in [0, 0.05) is 6.42 Å². The first-order valence-corrected chi connectivity index (χ1v) is 4.59. The molecular weight excluding hydrogens is 239 g/mol. The van der Waals surface area contributed by atoms with Crippen LogP contribution >= 0.6 is 15.9 Å². The van der Waals surface area contributed by atoms with Crippen LogP contribution < -0.4 is 4.74 Å². The molecule has 0 spiro atoms. The van der Waals surface area contributed by atoms with Gasteiger partial charge in [0.25, 0.3) is 0 Å². The fourth-order valence-electron chi connectivity index (χ4n) is 0.758. The zero-order valence-corrected chi connectivity index (χ0v) is 8.60. The second-order valence-electron chi connectivity index (χ2n) is 2.38. The Morgan fingerprint density at radius 3 is 2.92 bits per heavy atom. The van der Waals surface area contributed by atoms with Gasteiger partial charge in [-0.2, -0.15) is 0 Å². The standard InChI is InChI=1S/C9H8BrFO2/c1-2-8(12)13-7-5-3-4-6(10)9(7)11/h3-5H,2H2,1H3. The summed E-state index contributed by atoms with van der Waals surface area (Å²) in [4.78, 5) is 10.8. The Balaban J connectivity index is 2.89. The molecule has 0 amide bonds. The van der Waals surface area contributed by atoms with Crippen LogP contribution in [0.4, 0.5) is 4.39 Å². The molecule has 1 aromatic carbocycles. The Bertz CT molecular complexity index is 325. The molecule has 0 radical (unpaired) electrons. The average Bonchev–Trinajstić information content (AvgIpc) is 2.13. The fourth-order valence-corrected chi connectivity index (χ4v) is 1.11. The Morgan fingerprint density at radius 1 is 1.62 bits per heavy atom. The lowest BCUT2D eigenvalue weighted by Gasteiger charge is -2.04. The maximum atomic E-state index is 13.2. The molecule has 1 rings (SSSR count). The Kier molecular flexibility index (Phi) is 3.42. The van der Waals surface area contributed by atoms with Gasteiger partial charge in [0.05, 0.1) is 4.47 Å². The number of halogens is 2. The van der Waals surface area contributed by atoms with E-state index in [-0.39, 0.29) is 16.6 Å².